The van der Waals surface area contributed by atoms with Gasteiger partial charge in [0.1, 0.15) is 5.75 Å². The summed E-state index contributed by atoms with van der Waals surface area (Å²) >= 11 is 0. The van der Waals surface area contributed by atoms with Crippen LogP contribution in [0.1, 0.15) is 99.4 Å². The van der Waals surface area contributed by atoms with Gasteiger partial charge in [0.2, 0.25) is 0 Å². The highest BCUT2D eigenvalue weighted by Gasteiger charge is 2.16. The molecular weight excluding hydrogens is 448 g/mol. The van der Waals surface area contributed by atoms with Gasteiger partial charge in [-0.1, -0.05) is 70.4 Å². The first-order valence-electron chi connectivity index (χ1n) is 13.6. The molecule has 0 spiro atoms. The van der Waals surface area contributed by atoms with Crippen molar-refractivity contribution in [1.82, 2.24) is 9.97 Å². The van der Waals surface area contributed by atoms with E-state index < -0.39 is 5.97 Å². The molecule has 1 heterocycles. The normalized spacial score (nSPS) is 13.9. The van der Waals surface area contributed by atoms with E-state index in [1.807, 2.05) is 36.4 Å². The summed E-state index contributed by atoms with van der Waals surface area (Å²) in [6, 6.07) is 15.6. The van der Waals surface area contributed by atoms with E-state index in [1.54, 1.807) is 12.4 Å². The molecule has 1 aromatic heterocycles. The summed E-state index contributed by atoms with van der Waals surface area (Å²) in [6.07, 6.45) is 17.0. The van der Waals surface area contributed by atoms with E-state index in [-0.39, 0.29) is 0 Å². The predicted molar refractivity (Wildman–Crippen MR) is 144 cm³/mol. The molecule has 36 heavy (non-hydrogen) atoms. The molecular formula is C31H38N2O3. The van der Waals surface area contributed by atoms with Crippen molar-refractivity contribution < 1.29 is 14.3 Å². The van der Waals surface area contributed by atoms with Crippen molar-refractivity contribution in [2.24, 2.45) is 0 Å². The third-order valence-electron chi connectivity index (χ3n) is 6.94. The Hall–Kier alpha value is -3.21. The number of esters is 1. The number of nitrogens with zero attached hydrogens (tertiary/aromatic N) is 2. The lowest BCUT2D eigenvalue weighted by Crippen LogP contribution is -2.10. The van der Waals surface area contributed by atoms with Crippen molar-refractivity contribution in [2.75, 3.05) is 6.61 Å². The summed E-state index contributed by atoms with van der Waals surface area (Å²) in [5.74, 6) is 1.99. The van der Waals surface area contributed by atoms with Crippen LogP contribution in [0.15, 0.2) is 60.9 Å². The Labute approximate surface area is 215 Å². The number of aromatic nitrogens is 2. The fourth-order valence-corrected chi connectivity index (χ4v) is 4.78. The van der Waals surface area contributed by atoms with E-state index in [1.165, 1.54) is 69.8 Å². The molecule has 1 fully saturated rings. The molecule has 5 nitrogen and oxygen atoms in total. The van der Waals surface area contributed by atoms with Gasteiger partial charge < -0.3 is 9.47 Å². The van der Waals surface area contributed by atoms with Crippen LogP contribution in [0.2, 0.25) is 0 Å². The molecule has 4 rings (SSSR count). The lowest BCUT2D eigenvalue weighted by molar-refractivity contribution is 0.0733. The molecule has 1 saturated carbocycles. The highest BCUT2D eigenvalue weighted by molar-refractivity contribution is 5.91. The molecule has 190 valence electrons. The maximum atomic E-state index is 12.6. The van der Waals surface area contributed by atoms with Crippen molar-refractivity contribution in [3.05, 3.63) is 72.1 Å². The third kappa shape index (κ3) is 7.64. The van der Waals surface area contributed by atoms with Crippen LogP contribution in [0.4, 0.5) is 0 Å². The quantitative estimate of drug-likeness (QED) is 0.191. The van der Waals surface area contributed by atoms with Crippen LogP contribution in [0.5, 0.6) is 11.5 Å². The van der Waals surface area contributed by atoms with Crippen LogP contribution in [0, 0.1) is 0 Å². The van der Waals surface area contributed by atoms with Crippen molar-refractivity contribution in [2.45, 2.75) is 83.5 Å². The zero-order valence-electron chi connectivity index (χ0n) is 21.5. The molecule has 3 aromatic rings. The first kappa shape index (κ1) is 25.9. The Morgan fingerprint density at radius 3 is 2.17 bits per heavy atom. The van der Waals surface area contributed by atoms with Gasteiger partial charge in [0.25, 0.3) is 0 Å². The standard InChI is InChI=1S/C31H38N2O3/c1-2-3-4-5-6-10-21-35-28-19-17-26(18-20-28)30-32-22-29(23-33-30)36-31(34)27-15-13-25(14-16-27)24-11-8-7-9-12-24/h13-20,22-24H,2-12,21H2,1H3. The Balaban J connectivity index is 1.24. The molecule has 0 radical (unpaired) electrons. The summed E-state index contributed by atoms with van der Waals surface area (Å²) in [7, 11) is 0. The van der Waals surface area contributed by atoms with Gasteiger partial charge in [0.05, 0.1) is 24.6 Å². The number of carbonyl (C=O) groups excluding carboxylic acids is 1. The Morgan fingerprint density at radius 1 is 0.806 bits per heavy atom. The highest BCUT2D eigenvalue weighted by atomic mass is 16.5. The van der Waals surface area contributed by atoms with E-state index in [0.29, 0.717) is 23.1 Å². The first-order chi connectivity index (χ1) is 17.7. The van der Waals surface area contributed by atoms with Gasteiger partial charge in [0, 0.05) is 5.56 Å². The number of benzene rings is 2. The van der Waals surface area contributed by atoms with Gasteiger partial charge in [-0.15, -0.1) is 0 Å². The highest BCUT2D eigenvalue weighted by Crippen LogP contribution is 2.32. The number of hydrogen-bond donors (Lipinski definition) is 0. The van der Waals surface area contributed by atoms with Gasteiger partial charge in [-0.05, 0) is 67.1 Å². The van der Waals surface area contributed by atoms with Crippen LogP contribution < -0.4 is 9.47 Å². The van der Waals surface area contributed by atoms with Crippen molar-refractivity contribution in [1.29, 1.82) is 0 Å². The summed E-state index contributed by atoms with van der Waals surface area (Å²) in [4.78, 5) is 21.3. The fourth-order valence-electron chi connectivity index (χ4n) is 4.78. The molecule has 0 unspecified atom stereocenters. The number of unbranched alkanes of at least 4 members (excludes halogenated alkanes) is 5. The smallest absolute Gasteiger partial charge is 0.343 e. The number of ether oxygens (including phenoxy) is 2. The Morgan fingerprint density at radius 2 is 1.47 bits per heavy atom. The number of rotatable bonds is 12. The maximum Gasteiger partial charge on any atom is 0.343 e. The molecule has 1 aliphatic carbocycles. The van der Waals surface area contributed by atoms with Gasteiger partial charge in [-0.25, -0.2) is 14.8 Å². The predicted octanol–water partition coefficient (Wildman–Crippen LogP) is 8.15. The zero-order chi connectivity index (χ0) is 25.0. The molecule has 2 aromatic carbocycles. The third-order valence-corrected chi connectivity index (χ3v) is 6.94. The molecule has 0 N–H and O–H groups in total. The second-order valence-corrected chi connectivity index (χ2v) is 9.73. The van der Waals surface area contributed by atoms with Crippen LogP contribution in [-0.2, 0) is 0 Å². The van der Waals surface area contributed by atoms with E-state index in [9.17, 15) is 4.79 Å². The molecule has 0 amide bonds. The van der Waals surface area contributed by atoms with Crippen molar-refractivity contribution in [3.63, 3.8) is 0 Å². The maximum absolute atomic E-state index is 12.6. The topological polar surface area (TPSA) is 61.3 Å². The zero-order valence-corrected chi connectivity index (χ0v) is 21.5. The number of hydrogen-bond acceptors (Lipinski definition) is 5. The first-order valence-corrected chi connectivity index (χ1v) is 13.6. The van der Waals surface area contributed by atoms with Crippen LogP contribution in [-0.4, -0.2) is 22.5 Å². The number of carbonyl (C=O) groups is 1. The van der Waals surface area contributed by atoms with Crippen LogP contribution >= 0.6 is 0 Å². The molecule has 0 bridgehead atoms. The molecule has 0 aliphatic heterocycles. The minimum atomic E-state index is -0.395. The lowest BCUT2D eigenvalue weighted by Gasteiger charge is -2.21. The second kappa shape index (κ2) is 13.8. The SMILES string of the molecule is CCCCCCCCOc1ccc(-c2ncc(OC(=O)c3ccc(C4CCCCC4)cc3)cn2)cc1. The van der Waals surface area contributed by atoms with Gasteiger partial charge in [-0.3, -0.25) is 0 Å². The largest absolute Gasteiger partial charge is 0.494 e. The Kier molecular flexibility index (Phi) is 9.89. The molecule has 0 atom stereocenters. The summed E-state index contributed by atoms with van der Waals surface area (Å²) in [5, 5.41) is 0. The van der Waals surface area contributed by atoms with E-state index in [4.69, 9.17) is 9.47 Å². The average molecular weight is 487 g/mol. The van der Waals surface area contributed by atoms with Crippen LogP contribution in [0.25, 0.3) is 11.4 Å². The molecule has 5 heteroatoms. The average Bonchev–Trinajstić information content (AvgIpc) is 2.94. The fraction of sp³-hybridized carbons (Fsp3) is 0.452. The lowest BCUT2D eigenvalue weighted by atomic mass is 9.84. The van der Waals surface area contributed by atoms with E-state index >= 15 is 0 Å². The summed E-state index contributed by atoms with van der Waals surface area (Å²) < 4.78 is 11.3. The summed E-state index contributed by atoms with van der Waals surface area (Å²) in [6.45, 7) is 2.98. The monoisotopic (exact) mass is 486 g/mol. The molecule has 0 saturated heterocycles. The van der Waals surface area contributed by atoms with Crippen molar-refractivity contribution in [3.8, 4) is 22.9 Å². The van der Waals surface area contributed by atoms with E-state index in [0.717, 1.165) is 24.3 Å². The van der Waals surface area contributed by atoms with Gasteiger partial charge in [0.15, 0.2) is 11.6 Å². The molecule has 1 aliphatic rings. The van der Waals surface area contributed by atoms with Gasteiger partial charge in [-0.2, -0.15) is 0 Å². The minimum Gasteiger partial charge on any atom is -0.494 e. The summed E-state index contributed by atoms with van der Waals surface area (Å²) in [5.41, 5.74) is 2.74. The van der Waals surface area contributed by atoms with E-state index in [2.05, 4.69) is 29.0 Å². The van der Waals surface area contributed by atoms with Crippen molar-refractivity contribution >= 4 is 5.97 Å². The second-order valence-electron chi connectivity index (χ2n) is 9.73. The van der Waals surface area contributed by atoms with Crippen LogP contribution in [0.3, 0.4) is 0 Å². The minimum absolute atomic E-state index is 0.332. The Bertz CT molecular complexity index is 1060. The van der Waals surface area contributed by atoms with Gasteiger partial charge >= 0.3 is 5.97 Å².